The number of piperazine rings is 1. The molecule has 1 aliphatic rings. The minimum atomic E-state index is -3.91. The molecule has 0 unspecified atom stereocenters. The molecule has 1 amide bonds. The molecule has 32 heavy (non-hydrogen) atoms. The number of carbonyl (C=O) groups excluding carboxylic acids is 1. The lowest BCUT2D eigenvalue weighted by atomic mass is 10.1. The number of benzene rings is 3. The Bertz CT molecular complexity index is 1180. The summed E-state index contributed by atoms with van der Waals surface area (Å²) in [6.07, 6.45) is 0. The van der Waals surface area contributed by atoms with Gasteiger partial charge in [-0.05, 0) is 48.0 Å². The van der Waals surface area contributed by atoms with Crippen molar-refractivity contribution in [1.82, 2.24) is 9.80 Å². The van der Waals surface area contributed by atoms with Crippen LogP contribution in [0.4, 0.5) is 10.1 Å². The van der Waals surface area contributed by atoms with E-state index in [1.165, 1.54) is 42.0 Å². The number of halogens is 1. The molecule has 0 bridgehead atoms. The van der Waals surface area contributed by atoms with E-state index in [1.807, 2.05) is 18.2 Å². The Hall–Kier alpha value is -3.23. The molecular formula is C24H24FN3O3S. The van der Waals surface area contributed by atoms with Gasteiger partial charge in [-0.15, -0.1) is 0 Å². The second kappa shape index (κ2) is 9.50. The molecule has 0 radical (unpaired) electrons. The van der Waals surface area contributed by atoms with Gasteiger partial charge in [0, 0.05) is 44.0 Å². The Labute approximate surface area is 187 Å². The number of carbonyl (C=O) groups is 1. The normalized spacial score (nSPS) is 14.8. The van der Waals surface area contributed by atoms with Crippen LogP contribution in [0.1, 0.15) is 15.9 Å². The van der Waals surface area contributed by atoms with Crippen molar-refractivity contribution in [2.75, 3.05) is 30.9 Å². The smallest absolute Gasteiger partial charge is 0.261 e. The summed E-state index contributed by atoms with van der Waals surface area (Å²) in [6, 6.07) is 21.2. The molecule has 1 N–H and O–H groups in total. The molecular weight excluding hydrogens is 429 g/mol. The van der Waals surface area contributed by atoms with Crippen LogP contribution < -0.4 is 4.72 Å². The fourth-order valence-electron chi connectivity index (χ4n) is 3.66. The molecule has 0 aromatic heterocycles. The quantitative estimate of drug-likeness (QED) is 0.619. The molecule has 0 atom stereocenters. The first-order valence-corrected chi connectivity index (χ1v) is 11.8. The molecule has 1 saturated heterocycles. The van der Waals surface area contributed by atoms with Crippen molar-refractivity contribution in [3.63, 3.8) is 0 Å². The van der Waals surface area contributed by atoms with Crippen LogP contribution in [0.5, 0.6) is 0 Å². The zero-order chi connectivity index (χ0) is 22.6. The number of nitrogens with zero attached hydrogens (tertiary/aromatic N) is 2. The molecule has 1 heterocycles. The number of amides is 1. The fourth-order valence-corrected chi connectivity index (χ4v) is 4.77. The standard InChI is InChI=1S/C24H24FN3O3S/c25-21-9-11-22(12-10-21)26-32(30,31)23-8-4-7-20(17-23)24(29)28-15-13-27(14-16-28)18-19-5-2-1-3-6-19/h1-12,17,26H,13-16,18H2. The van der Waals surface area contributed by atoms with Crippen molar-refractivity contribution >= 4 is 21.6 Å². The zero-order valence-corrected chi connectivity index (χ0v) is 18.3. The zero-order valence-electron chi connectivity index (χ0n) is 17.4. The highest BCUT2D eigenvalue weighted by atomic mass is 32.2. The van der Waals surface area contributed by atoms with Gasteiger partial charge in [-0.2, -0.15) is 0 Å². The highest BCUT2D eigenvalue weighted by Gasteiger charge is 2.24. The predicted octanol–water partition coefficient (Wildman–Crippen LogP) is 3.58. The maximum absolute atomic E-state index is 13.1. The highest BCUT2D eigenvalue weighted by Crippen LogP contribution is 2.19. The third-order valence-corrected chi connectivity index (χ3v) is 6.78. The summed E-state index contributed by atoms with van der Waals surface area (Å²) in [6.45, 7) is 3.51. The first-order valence-electron chi connectivity index (χ1n) is 10.3. The van der Waals surface area contributed by atoms with Crippen LogP contribution in [0.15, 0.2) is 83.8 Å². The van der Waals surface area contributed by atoms with Crippen molar-refractivity contribution in [2.24, 2.45) is 0 Å². The number of hydrogen-bond donors (Lipinski definition) is 1. The Kier molecular flexibility index (Phi) is 6.53. The van der Waals surface area contributed by atoms with Crippen LogP contribution in [0, 0.1) is 5.82 Å². The monoisotopic (exact) mass is 453 g/mol. The molecule has 3 aromatic carbocycles. The largest absolute Gasteiger partial charge is 0.336 e. The SMILES string of the molecule is O=C(c1cccc(S(=O)(=O)Nc2ccc(F)cc2)c1)N1CCN(Cc2ccccc2)CC1. The van der Waals surface area contributed by atoms with Gasteiger partial charge in [-0.25, -0.2) is 12.8 Å². The summed E-state index contributed by atoms with van der Waals surface area (Å²) in [5.74, 6) is -0.646. The van der Waals surface area contributed by atoms with Crippen LogP contribution >= 0.6 is 0 Å². The Morgan fingerprint density at radius 3 is 2.25 bits per heavy atom. The number of rotatable bonds is 6. The molecule has 166 valence electrons. The van der Waals surface area contributed by atoms with Gasteiger partial charge in [-0.3, -0.25) is 14.4 Å². The van der Waals surface area contributed by atoms with Crippen molar-refractivity contribution < 1.29 is 17.6 Å². The third-order valence-electron chi connectivity index (χ3n) is 5.40. The van der Waals surface area contributed by atoms with E-state index in [-0.39, 0.29) is 16.5 Å². The fraction of sp³-hybridized carbons (Fsp3) is 0.208. The van der Waals surface area contributed by atoms with Crippen LogP contribution in [0.2, 0.25) is 0 Å². The summed E-state index contributed by atoms with van der Waals surface area (Å²) in [4.78, 5) is 17.0. The van der Waals surface area contributed by atoms with Crippen LogP contribution in [-0.2, 0) is 16.6 Å². The molecule has 8 heteroatoms. The average molecular weight is 454 g/mol. The first kappa shape index (κ1) is 22.0. The van der Waals surface area contributed by atoms with Gasteiger partial charge in [0.05, 0.1) is 4.90 Å². The summed E-state index contributed by atoms with van der Waals surface area (Å²) in [5, 5.41) is 0. The van der Waals surface area contributed by atoms with Gasteiger partial charge in [0.15, 0.2) is 0 Å². The van der Waals surface area contributed by atoms with Gasteiger partial charge in [-0.1, -0.05) is 36.4 Å². The van der Waals surface area contributed by atoms with Gasteiger partial charge in [0.25, 0.3) is 15.9 Å². The highest BCUT2D eigenvalue weighted by molar-refractivity contribution is 7.92. The number of anilines is 1. The maximum atomic E-state index is 13.1. The van der Waals surface area contributed by atoms with E-state index in [1.54, 1.807) is 17.0 Å². The predicted molar refractivity (Wildman–Crippen MR) is 121 cm³/mol. The second-order valence-corrected chi connectivity index (χ2v) is 9.38. The average Bonchev–Trinajstić information content (AvgIpc) is 2.81. The number of sulfonamides is 1. The van der Waals surface area contributed by atoms with Crippen molar-refractivity contribution in [1.29, 1.82) is 0 Å². The number of nitrogens with one attached hydrogen (secondary N) is 1. The summed E-state index contributed by atoms with van der Waals surface area (Å²) in [5.41, 5.74) is 1.81. The lowest BCUT2D eigenvalue weighted by Gasteiger charge is -2.34. The van der Waals surface area contributed by atoms with Gasteiger partial charge >= 0.3 is 0 Å². The van der Waals surface area contributed by atoms with Gasteiger partial charge < -0.3 is 4.90 Å². The van der Waals surface area contributed by atoms with E-state index < -0.39 is 15.8 Å². The molecule has 0 spiro atoms. The van der Waals surface area contributed by atoms with E-state index in [0.29, 0.717) is 18.7 Å². The van der Waals surface area contributed by atoms with E-state index in [0.717, 1.165) is 19.6 Å². The molecule has 4 rings (SSSR count). The van der Waals surface area contributed by atoms with Crippen molar-refractivity contribution in [3.8, 4) is 0 Å². The topological polar surface area (TPSA) is 69.7 Å². The summed E-state index contributed by atoms with van der Waals surface area (Å²) in [7, 11) is -3.91. The molecule has 6 nitrogen and oxygen atoms in total. The Morgan fingerprint density at radius 1 is 0.875 bits per heavy atom. The van der Waals surface area contributed by atoms with E-state index in [2.05, 4.69) is 21.8 Å². The van der Waals surface area contributed by atoms with Gasteiger partial charge in [0.2, 0.25) is 0 Å². The maximum Gasteiger partial charge on any atom is 0.261 e. The van der Waals surface area contributed by atoms with Crippen molar-refractivity contribution in [2.45, 2.75) is 11.4 Å². The Morgan fingerprint density at radius 2 is 1.56 bits per heavy atom. The van der Waals surface area contributed by atoms with Crippen molar-refractivity contribution in [3.05, 3.63) is 95.8 Å². The van der Waals surface area contributed by atoms with E-state index >= 15 is 0 Å². The van der Waals surface area contributed by atoms with E-state index in [4.69, 9.17) is 0 Å². The molecule has 1 fully saturated rings. The molecule has 3 aromatic rings. The second-order valence-electron chi connectivity index (χ2n) is 7.69. The lowest BCUT2D eigenvalue weighted by molar-refractivity contribution is 0.0628. The summed E-state index contributed by atoms with van der Waals surface area (Å²) >= 11 is 0. The minimum Gasteiger partial charge on any atom is -0.336 e. The van der Waals surface area contributed by atoms with Crippen LogP contribution in [0.3, 0.4) is 0 Å². The summed E-state index contributed by atoms with van der Waals surface area (Å²) < 4.78 is 40.9. The molecule has 1 aliphatic heterocycles. The van der Waals surface area contributed by atoms with E-state index in [9.17, 15) is 17.6 Å². The molecule has 0 saturated carbocycles. The van der Waals surface area contributed by atoms with Gasteiger partial charge in [0.1, 0.15) is 5.82 Å². The molecule has 0 aliphatic carbocycles. The lowest BCUT2D eigenvalue weighted by Crippen LogP contribution is -2.48. The minimum absolute atomic E-state index is 0.0182. The number of hydrogen-bond acceptors (Lipinski definition) is 4. The third kappa shape index (κ3) is 5.33. The van der Waals surface area contributed by atoms with Crippen LogP contribution in [-0.4, -0.2) is 50.3 Å². The Balaban J connectivity index is 1.40. The first-order chi connectivity index (χ1) is 15.4. The van der Waals surface area contributed by atoms with Crippen LogP contribution in [0.25, 0.3) is 0 Å².